The molecule has 2 saturated heterocycles. The van der Waals surface area contributed by atoms with Gasteiger partial charge in [0.2, 0.25) is 15.9 Å². The predicted molar refractivity (Wildman–Crippen MR) is 96.2 cm³/mol. The number of imide groups is 1. The summed E-state index contributed by atoms with van der Waals surface area (Å²) in [6, 6.07) is 5.51. The van der Waals surface area contributed by atoms with Crippen LogP contribution in [0, 0.1) is 6.92 Å². The third-order valence-electron chi connectivity index (χ3n) is 4.72. The van der Waals surface area contributed by atoms with Gasteiger partial charge in [-0.3, -0.25) is 14.9 Å². The lowest BCUT2D eigenvalue weighted by Crippen LogP contribution is -2.50. The lowest BCUT2D eigenvalue weighted by Gasteiger charge is -2.34. The van der Waals surface area contributed by atoms with Crippen molar-refractivity contribution < 1.29 is 22.8 Å². The van der Waals surface area contributed by atoms with E-state index in [1.54, 1.807) is 23.1 Å². The highest BCUT2D eigenvalue weighted by molar-refractivity contribution is 7.89. The van der Waals surface area contributed by atoms with E-state index in [9.17, 15) is 22.8 Å². The van der Waals surface area contributed by atoms with E-state index in [4.69, 9.17) is 0 Å². The molecular weight excluding hydrogens is 372 g/mol. The summed E-state index contributed by atoms with van der Waals surface area (Å²) in [6.07, 6.45) is 0.335. The van der Waals surface area contributed by atoms with E-state index in [1.165, 1.54) is 4.31 Å². The fourth-order valence-corrected chi connectivity index (χ4v) is 4.72. The topological polar surface area (TPSA) is 116 Å². The third kappa shape index (κ3) is 4.28. The molecule has 27 heavy (non-hydrogen) atoms. The summed E-state index contributed by atoms with van der Waals surface area (Å²) >= 11 is 0. The summed E-state index contributed by atoms with van der Waals surface area (Å²) in [5.41, 5.74) is 0.868. The van der Waals surface area contributed by atoms with Crippen LogP contribution in [0.25, 0.3) is 0 Å². The predicted octanol–water partition coefficient (Wildman–Crippen LogP) is -0.184. The second-order valence-corrected chi connectivity index (χ2v) is 8.59. The molecule has 3 rings (SSSR count). The van der Waals surface area contributed by atoms with Crippen molar-refractivity contribution in [2.75, 3.05) is 26.2 Å². The number of sulfonamides is 1. The van der Waals surface area contributed by atoms with Crippen molar-refractivity contribution >= 4 is 27.9 Å². The van der Waals surface area contributed by atoms with Gasteiger partial charge >= 0.3 is 6.03 Å². The minimum atomic E-state index is -3.58. The molecule has 1 aromatic carbocycles. The van der Waals surface area contributed by atoms with Crippen LogP contribution in [-0.4, -0.2) is 67.7 Å². The van der Waals surface area contributed by atoms with Gasteiger partial charge in [-0.25, -0.2) is 13.2 Å². The number of nitrogens with one attached hydrogen (secondary N) is 2. The molecule has 4 amide bonds. The number of urea groups is 1. The Bertz CT molecular complexity index is 862. The molecule has 0 radical (unpaired) electrons. The van der Waals surface area contributed by atoms with Gasteiger partial charge in [-0.1, -0.05) is 12.1 Å². The fraction of sp³-hybridized carbons (Fsp3) is 0.471. The van der Waals surface area contributed by atoms with Crippen LogP contribution >= 0.6 is 0 Å². The van der Waals surface area contributed by atoms with Crippen molar-refractivity contribution in [2.24, 2.45) is 0 Å². The van der Waals surface area contributed by atoms with Gasteiger partial charge in [-0.15, -0.1) is 0 Å². The number of carbonyl (C=O) groups excluding carboxylic acids is 3. The van der Waals surface area contributed by atoms with Gasteiger partial charge in [0.25, 0.3) is 5.91 Å². The van der Waals surface area contributed by atoms with E-state index in [2.05, 4.69) is 10.6 Å². The SMILES string of the molecule is Cc1cccc(S(=O)(=O)N2CCN(C(=O)CC[C@@H]3NC(=O)NC3=O)CC2)c1. The second-order valence-electron chi connectivity index (χ2n) is 6.66. The molecule has 0 spiro atoms. The first kappa shape index (κ1) is 19.3. The maximum absolute atomic E-state index is 12.7. The normalized spacial score (nSPS) is 21.1. The monoisotopic (exact) mass is 394 g/mol. The highest BCUT2D eigenvalue weighted by atomic mass is 32.2. The van der Waals surface area contributed by atoms with Crippen molar-refractivity contribution in [3.05, 3.63) is 29.8 Å². The van der Waals surface area contributed by atoms with E-state index in [1.807, 2.05) is 13.0 Å². The van der Waals surface area contributed by atoms with E-state index in [-0.39, 0.29) is 36.7 Å². The number of aryl methyl sites for hydroxylation is 1. The van der Waals surface area contributed by atoms with Crippen LogP contribution in [0.3, 0.4) is 0 Å². The van der Waals surface area contributed by atoms with Gasteiger partial charge < -0.3 is 10.2 Å². The molecule has 0 bridgehead atoms. The largest absolute Gasteiger partial charge is 0.340 e. The maximum atomic E-state index is 12.7. The van der Waals surface area contributed by atoms with Crippen LogP contribution in [0.4, 0.5) is 4.79 Å². The standard InChI is InChI=1S/C17H22N4O5S/c1-12-3-2-4-13(11-12)27(25,26)21-9-7-20(8-10-21)15(22)6-5-14-16(23)19-17(24)18-14/h2-4,11,14H,5-10H2,1H3,(H2,18,19,23,24)/t14-/m0/s1. The first-order chi connectivity index (χ1) is 12.8. The second kappa shape index (κ2) is 7.65. The van der Waals surface area contributed by atoms with Crippen LogP contribution in [0.15, 0.2) is 29.2 Å². The molecule has 2 aliphatic rings. The van der Waals surface area contributed by atoms with E-state index in [0.717, 1.165) is 5.56 Å². The molecule has 10 heteroatoms. The number of hydrogen-bond donors (Lipinski definition) is 2. The van der Waals surface area contributed by atoms with Gasteiger partial charge in [-0.2, -0.15) is 4.31 Å². The Labute approximate surface area is 157 Å². The lowest BCUT2D eigenvalue weighted by atomic mass is 10.1. The highest BCUT2D eigenvalue weighted by Gasteiger charge is 2.32. The van der Waals surface area contributed by atoms with E-state index < -0.39 is 28.0 Å². The van der Waals surface area contributed by atoms with Crippen molar-refractivity contribution in [2.45, 2.75) is 30.7 Å². The Morgan fingerprint density at radius 1 is 1.19 bits per heavy atom. The quantitative estimate of drug-likeness (QED) is 0.672. The molecule has 146 valence electrons. The number of amides is 4. The number of hydrogen-bond acceptors (Lipinski definition) is 5. The first-order valence-corrected chi connectivity index (χ1v) is 10.2. The van der Waals surface area contributed by atoms with Gasteiger partial charge in [-0.05, 0) is 31.0 Å². The van der Waals surface area contributed by atoms with E-state index >= 15 is 0 Å². The molecule has 2 fully saturated rings. The molecule has 9 nitrogen and oxygen atoms in total. The van der Waals surface area contributed by atoms with Crippen LogP contribution in [0.2, 0.25) is 0 Å². The summed E-state index contributed by atoms with van der Waals surface area (Å²) < 4.78 is 26.8. The molecule has 0 unspecified atom stereocenters. The zero-order chi connectivity index (χ0) is 19.6. The Balaban J connectivity index is 1.53. The number of benzene rings is 1. The molecule has 1 aromatic rings. The zero-order valence-corrected chi connectivity index (χ0v) is 15.8. The smallest absolute Gasteiger partial charge is 0.322 e. The minimum absolute atomic E-state index is 0.114. The van der Waals surface area contributed by atoms with Crippen molar-refractivity contribution in [3.63, 3.8) is 0 Å². The molecule has 2 aliphatic heterocycles. The Morgan fingerprint density at radius 2 is 1.89 bits per heavy atom. The number of nitrogens with zero attached hydrogens (tertiary/aromatic N) is 2. The average molecular weight is 394 g/mol. The van der Waals surface area contributed by atoms with E-state index in [0.29, 0.717) is 13.1 Å². The van der Waals surface area contributed by atoms with Crippen molar-refractivity contribution in [1.82, 2.24) is 19.8 Å². The summed E-state index contributed by atoms with van der Waals surface area (Å²) in [5, 5.41) is 4.58. The molecule has 0 aliphatic carbocycles. The third-order valence-corrected chi connectivity index (χ3v) is 6.62. The molecule has 0 saturated carbocycles. The van der Waals surface area contributed by atoms with Crippen LogP contribution < -0.4 is 10.6 Å². The summed E-state index contributed by atoms with van der Waals surface area (Å²) in [6.45, 7) is 2.88. The van der Waals surface area contributed by atoms with Gasteiger partial charge in [0.05, 0.1) is 4.90 Å². The fourth-order valence-electron chi connectivity index (χ4n) is 3.19. The zero-order valence-electron chi connectivity index (χ0n) is 15.0. The molecule has 2 heterocycles. The Hall–Kier alpha value is -2.46. The highest BCUT2D eigenvalue weighted by Crippen LogP contribution is 2.19. The maximum Gasteiger partial charge on any atom is 0.322 e. The van der Waals surface area contributed by atoms with Crippen molar-refractivity contribution in [3.8, 4) is 0 Å². The number of rotatable bonds is 5. The van der Waals surface area contributed by atoms with Gasteiger partial charge in [0.1, 0.15) is 6.04 Å². The summed E-state index contributed by atoms with van der Waals surface area (Å²) in [7, 11) is -3.58. The number of piperazine rings is 1. The molecular formula is C17H22N4O5S. The number of carbonyl (C=O) groups is 3. The van der Waals surface area contributed by atoms with Crippen LogP contribution in [-0.2, 0) is 19.6 Å². The molecule has 2 N–H and O–H groups in total. The molecule has 0 aromatic heterocycles. The minimum Gasteiger partial charge on any atom is -0.340 e. The lowest BCUT2D eigenvalue weighted by molar-refractivity contribution is -0.132. The summed E-state index contributed by atoms with van der Waals surface area (Å²) in [5.74, 6) is -0.585. The Kier molecular flexibility index (Phi) is 5.47. The summed E-state index contributed by atoms with van der Waals surface area (Å²) in [4.78, 5) is 36.7. The average Bonchev–Trinajstić information content (AvgIpc) is 2.97. The van der Waals surface area contributed by atoms with Gasteiger partial charge in [0, 0.05) is 32.6 Å². The van der Waals surface area contributed by atoms with Crippen LogP contribution in [0.1, 0.15) is 18.4 Å². The van der Waals surface area contributed by atoms with Gasteiger partial charge in [0.15, 0.2) is 0 Å². The first-order valence-electron chi connectivity index (χ1n) is 8.73. The van der Waals surface area contributed by atoms with Crippen molar-refractivity contribution in [1.29, 1.82) is 0 Å². The van der Waals surface area contributed by atoms with Crippen LogP contribution in [0.5, 0.6) is 0 Å². The Morgan fingerprint density at radius 3 is 2.48 bits per heavy atom. The molecule has 1 atom stereocenters.